The van der Waals surface area contributed by atoms with E-state index in [1.807, 2.05) is 11.6 Å². The Morgan fingerprint density at radius 1 is 1.63 bits per heavy atom. The molecule has 0 spiro atoms. The van der Waals surface area contributed by atoms with Gasteiger partial charge >= 0.3 is 12.0 Å². The Bertz CT molecular complexity index is 481. The number of amides is 2. The molecule has 0 aliphatic heterocycles. The number of carboxylic acids is 1. The third kappa shape index (κ3) is 3.24. The second kappa shape index (κ2) is 5.29. The second-order valence-electron chi connectivity index (χ2n) is 4.91. The summed E-state index contributed by atoms with van der Waals surface area (Å²) in [5, 5.41) is 11.6. The predicted octanol–water partition coefficient (Wildman–Crippen LogP) is 0.425. The highest BCUT2D eigenvalue weighted by Crippen LogP contribution is 2.32. The molecule has 1 aliphatic rings. The van der Waals surface area contributed by atoms with Crippen LogP contribution in [-0.4, -0.2) is 44.6 Å². The van der Waals surface area contributed by atoms with Crippen LogP contribution in [0.4, 0.5) is 4.79 Å². The molecule has 104 valence electrons. The van der Waals surface area contributed by atoms with Gasteiger partial charge in [0.15, 0.2) is 0 Å². The quantitative estimate of drug-likeness (QED) is 0.808. The lowest BCUT2D eigenvalue weighted by Gasteiger charge is -2.21. The van der Waals surface area contributed by atoms with Crippen molar-refractivity contribution in [2.45, 2.75) is 25.4 Å². The third-order valence-electron chi connectivity index (χ3n) is 3.28. The van der Waals surface area contributed by atoms with Gasteiger partial charge in [-0.15, -0.1) is 0 Å². The standard InChI is InChI=1S/C12H18N4O3/c1-15-6-5-13-9(15)7-16(2)12(19)14-10(11(17)18)8-3-4-8/h5-6,8,10H,3-4,7H2,1-2H3,(H,14,19)(H,17,18). The number of imidazole rings is 1. The van der Waals surface area contributed by atoms with E-state index in [2.05, 4.69) is 10.3 Å². The van der Waals surface area contributed by atoms with E-state index in [1.54, 1.807) is 19.4 Å². The molecule has 7 nitrogen and oxygen atoms in total. The van der Waals surface area contributed by atoms with Crippen LogP contribution in [0.2, 0.25) is 0 Å². The van der Waals surface area contributed by atoms with E-state index in [0.717, 1.165) is 18.7 Å². The summed E-state index contributed by atoms with van der Waals surface area (Å²) in [4.78, 5) is 28.6. The Kier molecular flexibility index (Phi) is 3.73. The Hall–Kier alpha value is -2.05. The van der Waals surface area contributed by atoms with Crippen LogP contribution >= 0.6 is 0 Å². The van der Waals surface area contributed by atoms with Gasteiger partial charge in [0.05, 0.1) is 6.54 Å². The van der Waals surface area contributed by atoms with E-state index in [4.69, 9.17) is 5.11 Å². The van der Waals surface area contributed by atoms with Crippen LogP contribution in [0.1, 0.15) is 18.7 Å². The first-order valence-electron chi connectivity index (χ1n) is 6.19. The van der Waals surface area contributed by atoms with Gasteiger partial charge in [0.25, 0.3) is 0 Å². The number of aromatic nitrogens is 2. The van der Waals surface area contributed by atoms with Gasteiger partial charge in [0, 0.05) is 26.5 Å². The highest BCUT2D eigenvalue weighted by molar-refractivity contribution is 5.82. The van der Waals surface area contributed by atoms with Crippen LogP contribution in [0.15, 0.2) is 12.4 Å². The number of hydrogen-bond donors (Lipinski definition) is 2. The average molecular weight is 266 g/mol. The monoisotopic (exact) mass is 266 g/mol. The maximum atomic E-state index is 11.9. The number of nitrogens with one attached hydrogen (secondary N) is 1. The summed E-state index contributed by atoms with van der Waals surface area (Å²) in [6.45, 7) is 0.340. The van der Waals surface area contributed by atoms with Crippen LogP contribution in [0, 0.1) is 5.92 Å². The topological polar surface area (TPSA) is 87.5 Å². The minimum absolute atomic E-state index is 0.0722. The lowest BCUT2D eigenvalue weighted by molar-refractivity contribution is -0.139. The molecule has 19 heavy (non-hydrogen) atoms. The van der Waals surface area contributed by atoms with Crippen molar-refractivity contribution in [3.63, 3.8) is 0 Å². The zero-order valence-electron chi connectivity index (χ0n) is 11.0. The number of aryl methyl sites for hydroxylation is 1. The molecule has 0 bridgehead atoms. The van der Waals surface area contributed by atoms with Gasteiger partial charge in [-0.1, -0.05) is 0 Å². The van der Waals surface area contributed by atoms with Gasteiger partial charge in [-0.3, -0.25) is 0 Å². The van der Waals surface area contributed by atoms with Crippen LogP contribution in [0.5, 0.6) is 0 Å². The van der Waals surface area contributed by atoms with Crippen molar-refractivity contribution < 1.29 is 14.7 Å². The smallest absolute Gasteiger partial charge is 0.326 e. The first-order chi connectivity index (χ1) is 8.99. The Balaban J connectivity index is 1.91. The number of urea groups is 1. The first-order valence-corrected chi connectivity index (χ1v) is 6.19. The highest BCUT2D eigenvalue weighted by Gasteiger charge is 2.37. The summed E-state index contributed by atoms with van der Waals surface area (Å²) in [5.74, 6) is -0.153. The number of rotatable bonds is 5. The maximum Gasteiger partial charge on any atom is 0.326 e. The van der Waals surface area contributed by atoms with Crippen molar-refractivity contribution in [1.82, 2.24) is 19.8 Å². The molecule has 1 unspecified atom stereocenters. The van der Waals surface area contributed by atoms with Crippen LogP contribution in [0.25, 0.3) is 0 Å². The lowest BCUT2D eigenvalue weighted by atomic mass is 10.2. The molecule has 1 aliphatic carbocycles. The summed E-state index contributed by atoms with van der Waals surface area (Å²) < 4.78 is 1.82. The van der Waals surface area contributed by atoms with Crippen molar-refractivity contribution in [2.75, 3.05) is 7.05 Å². The number of hydrogen-bond acceptors (Lipinski definition) is 3. The first kappa shape index (κ1) is 13.4. The molecule has 0 radical (unpaired) electrons. The molecule has 2 rings (SSSR count). The van der Waals surface area contributed by atoms with Gasteiger partial charge in [-0.2, -0.15) is 0 Å². The third-order valence-corrected chi connectivity index (χ3v) is 3.28. The molecule has 0 saturated heterocycles. The van der Waals surface area contributed by atoms with Crippen LogP contribution in [-0.2, 0) is 18.4 Å². The van der Waals surface area contributed by atoms with Crippen LogP contribution in [0.3, 0.4) is 0 Å². The number of aliphatic carboxylic acids is 1. The minimum atomic E-state index is -0.971. The fraction of sp³-hybridized carbons (Fsp3) is 0.583. The zero-order chi connectivity index (χ0) is 14.0. The lowest BCUT2D eigenvalue weighted by Crippen LogP contribution is -2.47. The summed E-state index contributed by atoms with van der Waals surface area (Å²) in [7, 11) is 3.47. The largest absolute Gasteiger partial charge is 0.480 e. The SMILES string of the molecule is CN(Cc1nccn1C)C(=O)NC(C(=O)O)C1CC1. The van der Waals surface area contributed by atoms with Crippen molar-refractivity contribution in [1.29, 1.82) is 0 Å². The molecule has 0 aromatic carbocycles. The van der Waals surface area contributed by atoms with Gasteiger partial charge in [0.2, 0.25) is 0 Å². The fourth-order valence-electron chi connectivity index (χ4n) is 1.89. The van der Waals surface area contributed by atoms with E-state index in [-0.39, 0.29) is 11.9 Å². The molecular weight excluding hydrogens is 248 g/mol. The number of nitrogens with zero attached hydrogens (tertiary/aromatic N) is 3. The highest BCUT2D eigenvalue weighted by atomic mass is 16.4. The van der Waals surface area contributed by atoms with E-state index in [1.165, 1.54) is 4.90 Å². The summed E-state index contributed by atoms with van der Waals surface area (Å²) in [6, 6.07) is -1.17. The average Bonchev–Trinajstić information content (AvgIpc) is 3.11. The Morgan fingerprint density at radius 2 is 2.32 bits per heavy atom. The molecule has 1 aromatic rings. The number of carboxylic acid groups (broad SMARTS) is 1. The summed E-state index contributed by atoms with van der Waals surface area (Å²) in [6.07, 6.45) is 5.18. The molecule has 1 fully saturated rings. The Labute approximate surface area is 111 Å². The normalized spacial score (nSPS) is 15.9. The van der Waals surface area contributed by atoms with Crippen molar-refractivity contribution in [3.8, 4) is 0 Å². The van der Waals surface area contributed by atoms with Crippen molar-refractivity contribution in [3.05, 3.63) is 18.2 Å². The molecule has 1 saturated carbocycles. The minimum Gasteiger partial charge on any atom is -0.480 e. The summed E-state index contributed by atoms with van der Waals surface area (Å²) in [5.41, 5.74) is 0. The van der Waals surface area contributed by atoms with Crippen molar-refractivity contribution in [2.24, 2.45) is 13.0 Å². The van der Waals surface area contributed by atoms with Crippen molar-refractivity contribution >= 4 is 12.0 Å². The fourth-order valence-corrected chi connectivity index (χ4v) is 1.89. The van der Waals surface area contributed by atoms with Gasteiger partial charge in [-0.25, -0.2) is 14.6 Å². The molecule has 1 aromatic heterocycles. The molecule has 7 heteroatoms. The molecular formula is C12H18N4O3. The van der Waals surface area contributed by atoms with E-state index in [0.29, 0.717) is 6.54 Å². The zero-order valence-corrected chi connectivity index (χ0v) is 11.0. The Morgan fingerprint density at radius 3 is 2.79 bits per heavy atom. The van der Waals surface area contributed by atoms with E-state index < -0.39 is 12.0 Å². The van der Waals surface area contributed by atoms with E-state index >= 15 is 0 Å². The van der Waals surface area contributed by atoms with Gasteiger partial charge < -0.3 is 19.9 Å². The number of carbonyl (C=O) groups excluding carboxylic acids is 1. The molecule has 1 atom stereocenters. The molecule has 1 heterocycles. The molecule has 2 N–H and O–H groups in total. The van der Waals surface area contributed by atoms with Gasteiger partial charge in [0.1, 0.15) is 11.9 Å². The van der Waals surface area contributed by atoms with E-state index in [9.17, 15) is 9.59 Å². The van der Waals surface area contributed by atoms with Gasteiger partial charge in [-0.05, 0) is 18.8 Å². The second-order valence-corrected chi connectivity index (χ2v) is 4.91. The van der Waals surface area contributed by atoms with Crippen LogP contribution < -0.4 is 5.32 Å². The summed E-state index contributed by atoms with van der Waals surface area (Å²) >= 11 is 0. The maximum absolute atomic E-state index is 11.9. The molecule has 2 amide bonds. The predicted molar refractivity (Wildman–Crippen MR) is 67.4 cm³/mol. The number of carbonyl (C=O) groups is 2.